The van der Waals surface area contributed by atoms with E-state index in [0.29, 0.717) is 18.4 Å². The first kappa shape index (κ1) is 16.5. The molecule has 0 aromatic carbocycles. The van der Waals surface area contributed by atoms with Crippen molar-refractivity contribution in [1.82, 2.24) is 0 Å². The van der Waals surface area contributed by atoms with Crippen LogP contribution in [-0.4, -0.2) is 29.9 Å². The first-order chi connectivity index (χ1) is 10.3. The minimum atomic E-state index is -0.534. The minimum absolute atomic E-state index is 0.0252. The fourth-order valence-corrected chi connectivity index (χ4v) is 3.26. The molecule has 1 saturated heterocycles. The Morgan fingerprint density at radius 1 is 1.45 bits per heavy atom. The Bertz CT molecular complexity index is 529. The summed E-state index contributed by atoms with van der Waals surface area (Å²) in [6.07, 6.45) is 2.71. The highest BCUT2D eigenvalue weighted by Crippen LogP contribution is 2.39. The molecule has 5 heteroatoms. The molecule has 0 spiro atoms. The van der Waals surface area contributed by atoms with Crippen molar-refractivity contribution in [3.05, 3.63) is 23.8 Å². The smallest absolute Gasteiger partial charge is 0.334 e. The molecule has 0 aromatic rings. The van der Waals surface area contributed by atoms with Crippen molar-refractivity contribution >= 4 is 17.7 Å². The molecule has 0 N–H and O–H groups in total. The number of Topliss-reactive ketones (excluding diaryl/α,β-unsaturated/α-hetero) is 1. The van der Waals surface area contributed by atoms with Crippen molar-refractivity contribution in [3.8, 4) is 0 Å². The van der Waals surface area contributed by atoms with Gasteiger partial charge in [0.25, 0.3) is 0 Å². The molecule has 1 fully saturated rings. The topological polar surface area (TPSA) is 69.7 Å². The Morgan fingerprint density at radius 2 is 2.14 bits per heavy atom. The number of ketones is 1. The molecule has 1 aliphatic carbocycles. The van der Waals surface area contributed by atoms with Gasteiger partial charge in [0.15, 0.2) is 0 Å². The fraction of sp³-hybridized carbons (Fsp3) is 0.588. The first-order valence-corrected chi connectivity index (χ1v) is 7.56. The van der Waals surface area contributed by atoms with Crippen LogP contribution in [0.4, 0.5) is 0 Å². The summed E-state index contributed by atoms with van der Waals surface area (Å²) in [6, 6.07) is 0. The Labute approximate surface area is 130 Å². The minimum Gasteiger partial charge on any atom is -0.458 e. The van der Waals surface area contributed by atoms with Crippen LogP contribution in [0.1, 0.15) is 40.0 Å². The molecule has 0 amide bonds. The van der Waals surface area contributed by atoms with Crippen LogP contribution in [0.2, 0.25) is 0 Å². The lowest BCUT2D eigenvalue weighted by atomic mass is 9.89. The Kier molecular flexibility index (Phi) is 4.84. The monoisotopic (exact) mass is 306 g/mol. The van der Waals surface area contributed by atoms with Gasteiger partial charge in [0.2, 0.25) is 0 Å². The Morgan fingerprint density at radius 3 is 2.73 bits per heavy atom. The number of carbonyl (C=O) groups excluding carboxylic acids is 3. The van der Waals surface area contributed by atoms with Gasteiger partial charge in [-0.25, -0.2) is 4.79 Å². The second kappa shape index (κ2) is 6.46. The second-order valence-corrected chi connectivity index (χ2v) is 6.16. The number of rotatable bonds is 4. The number of allylic oxidation sites excluding steroid dienone is 1. The number of fused-ring (bicyclic) bond motifs is 1. The van der Waals surface area contributed by atoms with Gasteiger partial charge in [-0.05, 0) is 31.3 Å². The van der Waals surface area contributed by atoms with E-state index in [9.17, 15) is 14.4 Å². The maximum absolute atomic E-state index is 11.6. The van der Waals surface area contributed by atoms with E-state index >= 15 is 0 Å². The summed E-state index contributed by atoms with van der Waals surface area (Å²) >= 11 is 0. The average molecular weight is 306 g/mol. The van der Waals surface area contributed by atoms with E-state index in [4.69, 9.17) is 9.47 Å². The molecule has 1 heterocycles. The van der Waals surface area contributed by atoms with E-state index in [-0.39, 0.29) is 36.1 Å². The van der Waals surface area contributed by atoms with Crippen molar-refractivity contribution in [2.45, 2.75) is 52.2 Å². The lowest BCUT2D eigenvalue weighted by Gasteiger charge is -2.24. The zero-order valence-electron chi connectivity index (χ0n) is 13.3. The van der Waals surface area contributed by atoms with Crippen LogP contribution in [0.5, 0.6) is 0 Å². The van der Waals surface area contributed by atoms with Crippen molar-refractivity contribution in [3.63, 3.8) is 0 Å². The van der Waals surface area contributed by atoms with Crippen LogP contribution in [0.3, 0.4) is 0 Å². The molecule has 0 bridgehead atoms. The first-order valence-electron chi connectivity index (χ1n) is 7.56. The molecular weight excluding hydrogens is 284 g/mol. The van der Waals surface area contributed by atoms with Gasteiger partial charge in [0.05, 0.1) is 0 Å². The normalized spacial score (nSPS) is 29.0. The fourth-order valence-electron chi connectivity index (χ4n) is 3.26. The third-order valence-electron chi connectivity index (χ3n) is 4.33. The molecule has 1 aliphatic heterocycles. The van der Waals surface area contributed by atoms with Crippen LogP contribution < -0.4 is 0 Å². The van der Waals surface area contributed by atoms with Crippen LogP contribution in [0.25, 0.3) is 0 Å². The van der Waals surface area contributed by atoms with Crippen LogP contribution in [-0.2, 0) is 23.9 Å². The summed E-state index contributed by atoms with van der Waals surface area (Å²) < 4.78 is 10.7. The van der Waals surface area contributed by atoms with Crippen molar-refractivity contribution in [2.75, 3.05) is 0 Å². The number of hydrogen-bond donors (Lipinski definition) is 0. The van der Waals surface area contributed by atoms with Gasteiger partial charge in [-0.2, -0.15) is 0 Å². The van der Waals surface area contributed by atoms with E-state index in [1.807, 2.05) is 13.0 Å². The molecule has 2 aliphatic rings. The van der Waals surface area contributed by atoms with Crippen molar-refractivity contribution < 1.29 is 23.9 Å². The number of ether oxygens (including phenoxy) is 2. The third-order valence-corrected chi connectivity index (χ3v) is 4.33. The largest absolute Gasteiger partial charge is 0.458 e. The lowest BCUT2D eigenvalue weighted by Crippen LogP contribution is -2.26. The van der Waals surface area contributed by atoms with Gasteiger partial charge in [-0.15, -0.1) is 0 Å². The molecule has 2 rings (SSSR count). The highest BCUT2D eigenvalue weighted by molar-refractivity contribution is 5.90. The van der Waals surface area contributed by atoms with Gasteiger partial charge in [0.1, 0.15) is 18.0 Å². The van der Waals surface area contributed by atoms with Gasteiger partial charge in [-0.3, -0.25) is 9.59 Å². The summed E-state index contributed by atoms with van der Waals surface area (Å²) in [4.78, 5) is 34.4. The predicted octanol–water partition coefficient (Wildman–Crippen LogP) is 2.35. The molecule has 4 atom stereocenters. The highest BCUT2D eigenvalue weighted by atomic mass is 16.6. The van der Waals surface area contributed by atoms with Gasteiger partial charge in [0, 0.05) is 24.8 Å². The molecule has 22 heavy (non-hydrogen) atoms. The number of hydrogen-bond acceptors (Lipinski definition) is 5. The zero-order valence-corrected chi connectivity index (χ0v) is 13.3. The van der Waals surface area contributed by atoms with Crippen LogP contribution >= 0.6 is 0 Å². The summed E-state index contributed by atoms with van der Waals surface area (Å²) in [5.74, 6) is -0.710. The lowest BCUT2D eigenvalue weighted by molar-refractivity contribution is -0.145. The maximum atomic E-state index is 11.6. The predicted molar refractivity (Wildman–Crippen MR) is 79.8 cm³/mol. The summed E-state index contributed by atoms with van der Waals surface area (Å²) in [6.45, 7) is 8.63. The molecule has 2 unspecified atom stereocenters. The molecule has 120 valence electrons. The van der Waals surface area contributed by atoms with E-state index in [1.54, 1.807) is 0 Å². The van der Waals surface area contributed by atoms with Crippen molar-refractivity contribution in [2.24, 2.45) is 11.8 Å². The standard InChI is InChI=1S/C17H22O5/c1-9-7-15-14(11(3)17(20)22-15)6-5-13(9)16(8-10(2)18)21-12(4)19/h5,9,14-16H,3,6-8H2,1-2,4H3/t9?,14-,15+,16?/m1/s1. The average Bonchev–Trinajstić information content (AvgIpc) is 2.56. The van der Waals surface area contributed by atoms with Crippen LogP contribution in [0.15, 0.2) is 23.8 Å². The van der Waals surface area contributed by atoms with Crippen molar-refractivity contribution in [1.29, 1.82) is 0 Å². The SMILES string of the molecule is C=C1C(=O)O[C@H]2CC(C)C(C(CC(C)=O)OC(C)=O)=CC[C@H]12. The number of carbonyl (C=O) groups is 3. The Hall–Kier alpha value is -1.91. The molecule has 0 radical (unpaired) electrons. The van der Waals surface area contributed by atoms with E-state index in [2.05, 4.69) is 6.58 Å². The molecule has 5 nitrogen and oxygen atoms in total. The molecule has 0 saturated carbocycles. The maximum Gasteiger partial charge on any atom is 0.334 e. The Balaban J connectivity index is 2.23. The van der Waals surface area contributed by atoms with Crippen LogP contribution in [0, 0.1) is 11.8 Å². The third kappa shape index (κ3) is 3.46. The van der Waals surface area contributed by atoms with E-state index in [0.717, 1.165) is 5.57 Å². The zero-order chi connectivity index (χ0) is 16.4. The molecular formula is C17H22O5. The highest BCUT2D eigenvalue weighted by Gasteiger charge is 2.41. The number of esters is 2. The quantitative estimate of drug-likeness (QED) is 0.453. The summed E-state index contributed by atoms with van der Waals surface area (Å²) in [5, 5.41) is 0. The van der Waals surface area contributed by atoms with E-state index < -0.39 is 12.1 Å². The van der Waals surface area contributed by atoms with Gasteiger partial charge >= 0.3 is 11.9 Å². The molecule has 0 aromatic heterocycles. The summed E-state index contributed by atoms with van der Waals surface area (Å²) in [7, 11) is 0. The van der Waals surface area contributed by atoms with E-state index in [1.165, 1.54) is 13.8 Å². The van der Waals surface area contributed by atoms with Gasteiger partial charge in [-0.1, -0.05) is 19.6 Å². The van der Waals surface area contributed by atoms with Gasteiger partial charge < -0.3 is 9.47 Å². The summed E-state index contributed by atoms with van der Waals surface area (Å²) in [5.41, 5.74) is 1.44. The second-order valence-electron chi connectivity index (χ2n) is 6.16.